The first kappa shape index (κ1) is 33.7. The largest absolute Gasteiger partial charge is 0.389 e. The SMILES string of the molecule is Cn1cc(C(=O)NCCN2CCC3(CC2)CC(C(=O)NCc2ccc4c(-c5cccc(C(N)=S)c5)cn(C5CCOCC5)c4c2Cl)C3)cn1. The van der Waals surface area contributed by atoms with Gasteiger partial charge < -0.3 is 30.6 Å². The van der Waals surface area contributed by atoms with Gasteiger partial charge in [-0.3, -0.25) is 14.3 Å². The number of hydrogen-bond donors (Lipinski definition) is 3. The third kappa shape index (κ3) is 7.12. The standard InChI is InChI=1S/C37H44ClN7O3S/c1-43-22-28(21-42-43)36(47)40-11-14-44-12-9-37(10-13-44)18-27(19-37)35(46)41-20-26-5-6-30-31(24-3-2-4-25(17-24)34(39)49)23-45(33(30)32(26)38)29-7-15-48-16-8-29/h2-6,17,21-23,27,29H,7-16,18-20H2,1H3,(H2,39,49)(H,40,47)(H,41,46). The van der Waals surface area contributed by atoms with Crippen LogP contribution in [0.1, 0.15) is 66.1 Å². The second-order valence-electron chi connectivity index (χ2n) is 14.0. The highest BCUT2D eigenvalue weighted by Gasteiger charge is 2.48. The van der Waals surface area contributed by atoms with Crippen LogP contribution in [0, 0.1) is 11.3 Å². The maximum Gasteiger partial charge on any atom is 0.254 e. The molecule has 1 spiro atoms. The number of nitrogens with zero attached hydrogens (tertiary/aromatic N) is 4. The van der Waals surface area contributed by atoms with E-state index in [-0.39, 0.29) is 29.2 Å². The highest BCUT2D eigenvalue weighted by atomic mass is 35.5. The number of piperidine rings is 1. The van der Waals surface area contributed by atoms with Crippen LogP contribution in [-0.4, -0.2) is 75.4 Å². The Hall–Kier alpha value is -3.77. The van der Waals surface area contributed by atoms with Crippen molar-refractivity contribution in [3.63, 3.8) is 0 Å². The van der Waals surface area contributed by atoms with Crippen molar-refractivity contribution in [1.29, 1.82) is 0 Å². The lowest BCUT2D eigenvalue weighted by Gasteiger charge is -2.51. The van der Waals surface area contributed by atoms with Crippen molar-refractivity contribution in [2.24, 2.45) is 24.1 Å². The van der Waals surface area contributed by atoms with Gasteiger partial charge in [-0.1, -0.05) is 54.2 Å². The molecule has 0 radical (unpaired) electrons. The molecule has 2 aromatic heterocycles. The van der Waals surface area contributed by atoms with Gasteiger partial charge in [-0.25, -0.2) is 0 Å². The quantitative estimate of drug-likeness (QED) is 0.194. The molecule has 0 atom stereocenters. The average molecular weight is 702 g/mol. The van der Waals surface area contributed by atoms with Crippen LogP contribution in [-0.2, 0) is 23.1 Å². The van der Waals surface area contributed by atoms with Gasteiger partial charge in [0.05, 0.1) is 22.3 Å². The van der Waals surface area contributed by atoms with E-state index in [2.05, 4.69) is 43.5 Å². The summed E-state index contributed by atoms with van der Waals surface area (Å²) in [5, 5.41) is 12.0. The van der Waals surface area contributed by atoms with E-state index in [0.29, 0.717) is 28.7 Å². The lowest BCUT2D eigenvalue weighted by atomic mass is 9.57. The van der Waals surface area contributed by atoms with Crippen molar-refractivity contribution in [2.45, 2.75) is 51.1 Å². The van der Waals surface area contributed by atoms with Gasteiger partial charge in [0.1, 0.15) is 4.99 Å². The Morgan fingerprint density at radius 1 is 1.08 bits per heavy atom. The van der Waals surface area contributed by atoms with Gasteiger partial charge in [-0.15, -0.1) is 0 Å². The minimum Gasteiger partial charge on any atom is -0.389 e. The summed E-state index contributed by atoms with van der Waals surface area (Å²) in [7, 11) is 1.80. The van der Waals surface area contributed by atoms with E-state index in [0.717, 1.165) is 105 Å². The Kier molecular flexibility index (Phi) is 9.79. The van der Waals surface area contributed by atoms with E-state index in [1.54, 1.807) is 24.1 Å². The van der Waals surface area contributed by atoms with E-state index in [1.807, 2.05) is 24.3 Å². The zero-order valence-corrected chi connectivity index (χ0v) is 29.5. The third-order valence-corrected chi connectivity index (χ3v) is 11.5. The number of nitrogens with one attached hydrogen (secondary N) is 2. The zero-order chi connectivity index (χ0) is 34.1. The summed E-state index contributed by atoms with van der Waals surface area (Å²) in [4.78, 5) is 28.4. The lowest BCUT2D eigenvalue weighted by molar-refractivity contribution is -0.135. The van der Waals surface area contributed by atoms with Crippen LogP contribution in [0.5, 0.6) is 0 Å². The van der Waals surface area contributed by atoms with Gasteiger partial charge in [-0.2, -0.15) is 5.10 Å². The van der Waals surface area contributed by atoms with Gasteiger partial charge in [0.25, 0.3) is 5.91 Å². The summed E-state index contributed by atoms with van der Waals surface area (Å²) in [6, 6.07) is 12.5. The van der Waals surface area contributed by atoms with Crippen LogP contribution in [0.4, 0.5) is 0 Å². The van der Waals surface area contributed by atoms with Crippen molar-refractivity contribution >= 4 is 51.5 Å². The first-order valence-corrected chi connectivity index (χ1v) is 18.1. The molecular weight excluding hydrogens is 658 g/mol. The zero-order valence-electron chi connectivity index (χ0n) is 27.9. The molecule has 2 amide bonds. The summed E-state index contributed by atoms with van der Waals surface area (Å²) in [5.41, 5.74) is 11.6. The highest BCUT2D eigenvalue weighted by Crippen LogP contribution is 2.52. The molecule has 4 heterocycles. The number of amides is 2. The molecule has 2 aromatic carbocycles. The number of ether oxygens (including phenoxy) is 1. The summed E-state index contributed by atoms with van der Waals surface area (Å²) < 4.78 is 9.61. The molecule has 7 rings (SSSR count). The van der Waals surface area contributed by atoms with Gasteiger partial charge >= 0.3 is 0 Å². The van der Waals surface area contributed by atoms with Crippen LogP contribution in [0.2, 0.25) is 5.02 Å². The Bertz CT molecular complexity index is 1860. The molecule has 4 N–H and O–H groups in total. The predicted octanol–water partition coefficient (Wildman–Crippen LogP) is 5.22. The van der Waals surface area contributed by atoms with E-state index in [1.165, 1.54) is 0 Å². The summed E-state index contributed by atoms with van der Waals surface area (Å²) in [6.07, 6.45) is 11.4. The number of likely N-dealkylation sites (tertiary alicyclic amines) is 1. The molecule has 3 fully saturated rings. The Morgan fingerprint density at radius 3 is 2.57 bits per heavy atom. The third-order valence-electron chi connectivity index (χ3n) is 10.8. The highest BCUT2D eigenvalue weighted by molar-refractivity contribution is 7.80. The predicted molar refractivity (Wildman–Crippen MR) is 196 cm³/mol. The molecule has 1 aliphatic carbocycles. The summed E-state index contributed by atoms with van der Waals surface area (Å²) in [6.45, 7) is 5.24. The molecule has 0 bridgehead atoms. The molecule has 49 heavy (non-hydrogen) atoms. The van der Waals surface area contributed by atoms with Crippen LogP contribution in [0.3, 0.4) is 0 Å². The first-order valence-electron chi connectivity index (χ1n) is 17.3. The van der Waals surface area contributed by atoms with Crippen molar-refractivity contribution < 1.29 is 14.3 Å². The molecule has 3 aliphatic rings. The van der Waals surface area contributed by atoms with Gasteiger partial charge in [0.2, 0.25) is 5.91 Å². The molecule has 2 saturated heterocycles. The number of aryl methyl sites for hydroxylation is 1. The van der Waals surface area contributed by atoms with Gasteiger partial charge in [-0.05, 0) is 74.2 Å². The van der Waals surface area contributed by atoms with Gasteiger partial charge in [0.15, 0.2) is 0 Å². The first-order chi connectivity index (χ1) is 23.7. The van der Waals surface area contributed by atoms with Crippen LogP contribution >= 0.6 is 23.8 Å². The summed E-state index contributed by atoms with van der Waals surface area (Å²) >= 11 is 12.5. The maximum absolute atomic E-state index is 13.3. The number of carbonyl (C=O) groups excluding carboxylic acids is 2. The van der Waals surface area contributed by atoms with E-state index < -0.39 is 0 Å². The minimum atomic E-state index is -0.0900. The molecule has 0 unspecified atom stereocenters. The van der Waals surface area contributed by atoms with Crippen molar-refractivity contribution in [2.75, 3.05) is 39.4 Å². The minimum absolute atomic E-state index is 0.0337. The summed E-state index contributed by atoms with van der Waals surface area (Å²) in [5.74, 6) is 0.0525. The number of thiocarbonyl (C=S) groups is 1. The number of nitrogens with two attached hydrogens (primary N) is 1. The number of halogens is 1. The number of carbonyl (C=O) groups is 2. The normalized spacial score (nSPS) is 18.4. The molecule has 12 heteroatoms. The second-order valence-corrected chi connectivity index (χ2v) is 14.8. The van der Waals surface area contributed by atoms with Crippen molar-refractivity contribution in [3.8, 4) is 11.1 Å². The molecule has 4 aromatic rings. The van der Waals surface area contributed by atoms with Crippen LogP contribution in [0.25, 0.3) is 22.0 Å². The topological polar surface area (TPSA) is 119 Å². The Morgan fingerprint density at radius 2 is 1.86 bits per heavy atom. The molecule has 2 aliphatic heterocycles. The maximum atomic E-state index is 13.3. The van der Waals surface area contributed by atoms with E-state index in [9.17, 15) is 9.59 Å². The van der Waals surface area contributed by atoms with Crippen LogP contribution in [0.15, 0.2) is 55.0 Å². The Labute approximate surface area is 297 Å². The molecule has 10 nitrogen and oxygen atoms in total. The van der Waals surface area contributed by atoms with Crippen molar-refractivity contribution in [3.05, 3.63) is 76.7 Å². The Balaban J connectivity index is 0.959. The average Bonchev–Trinajstić information content (AvgIpc) is 3.72. The van der Waals surface area contributed by atoms with Crippen LogP contribution < -0.4 is 16.4 Å². The number of rotatable bonds is 10. The number of hydrogen-bond acceptors (Lipinski definition) is 6. The van der Waals surface area contributed by atoms with Crippen molar-refractivity contribution in [1.82, 2.24) is 29.9 Å². The van der Waals surface area contributed by atoms with E-state index >= 15 is 0 Å². The lowest BCUT2D eigenvalue weighted by Crippen LogP contribution is -2.51. The molecule has 1 saturated carbocycles. The number of fused-ring (bicyclic) bond motifs is 1. The molecular formula is C37H44ClN7O3S. The van der Waals surface area contributed by atoms with E-state index in [4.69, 9.17) is 34.3 Å². The van der Waals surface area contributed by atoms with Gasteiger partial charge in [0, 0.05) is 80.8 Å². The fourth-order valence-corrected chi connectivity index (χ4v) is 8.39. The second kappa shape index (κ2) is 14.2. The fraction of sp³-hybridized carbons (Fsp3) is 0.459. The fourth-order valence-electron chi connectivity index (χ4n) is 7.93. The monoisotopic (exact) mass is 701 g/mol. The number of aromatic nitrogens is 3. The number of benzene rings is 2. The smallest absolute Gasteiger partial charge is 0.254 e. The molecule has 258 valence electrons.